The Morgan fingerprint density at radius 1 is 1.25 bits per heavy atom. The number of halogens is 2. The largest absolute Gasteiger partial charge is 0.398 e. The molecular formula is C11H17Cl2N3. The van der Waals surface area contributed by atoms with Gasteiger partial charge in [-0.3, -0.25) is 0 Å². The third-order valence-corrected chi connectivity index (χ3v) is 2.46. The summed E-state index contributed by atoms with van der Waals surface area (Å²) in [4.78, 5) is 4.56. The smallest absolute Gasteiger partial charge is 0.137 e. The minimum absolute atomic E-state index is 0. The van der Waals surface area contributed by atoms with Crippen LogP contribution in [0.25, 0.3) is 5.65 Å². The van der Waals surface area contributed by atoms with E-state index in [4.69, 9.17) is 5.73 Å². The van der Waals surface area contributed by atoms with Gasteiger partial charge in [0.1, 0.15) is 5.65 Å². The lowest BCUT2D eigenvalue weighted by atomic mass is 10.1. The molecule has 2 heterocycles. The molecule has 0 unspecified atom stereocenters. The van der Waals surface area contributed by atoms with E-state index in [1.807, 2.05) is 22.7 Å². The van der Waals surface area contributed by atoms with Crippen molar-refractivity contribution in [3.8, 4) is 0 Å². The van der Waals surface area contributed by atoms with Crippen molar-refractivity contribution in [2.24, 2.45) is 0 Å². The number of nitrogens with zero attached hydrogens (tertiary/aromatic N) is 2. The van der Waals surface area contributed by atoms with Crippen LogP contribution in [0.4, 0.5) is 5.69 Å². The average molecular weight is 262 g/mol. The number of pyridine rings is 1. The van der Waals surface area contributed by atoms with E-state index in [2.05, 4.69) is 25.8 Å². The second-order valence-electron chi connectivity index (χ2n) is 3.93. The summed E-state index contributed by atoms with van der Waals surface area (Å²) in [5, 5.41) is 0. The second kappa shape index (κ2) is 5.41. The van der Waals surface area contributed by atoms with Gasteiger partial charge >= 0.3 is 0 Å². The summed E-state index contributed by atoms with van der Waals surface area (Å²) >= 11 is 0. The Labute approximate surface area is 108 Å². The van der Waals surface area contributed by atoms with E-state index in [1.54, 1.807) is 0 Å². The maximum Gasteiger partial charge on any atom is 0.137 e. The summed E-state index contributed by atoms with van der Waals surface area (Å²) in [5.41, 5.74) is 9.81. The van der Waals surface area contributed by atoms with Gasteiger partial charge in [-0.15, -0.1) is 24.8 Å². The van der Waals surface area contributed by atoms with Crippen LogP contribution < -0.4 is 5.73 Å². The van der Waals surface area contributed by atoms with E-state index in [0.717, 1.165) is 17.0 Å². The predicted molar refractivity (Wildman–Crippen MR) is 72.9 cm³/mol. The Bertz CT molecular complexity index is 477. The summed E-state index contributed by atoms with van der Waals surface area (Å²) in [5.74, 6) is 0.455. The van der Waals surface area contributed by atoms with Crippen LogP contribution in [0.3, 0.4) is 0 Å². The molecule has 0 aliphatic carbocycles. The lowest BCUT2D eigenvalue weighted by Crippen LogP contribution is -1.93. The molecule has 0 saturated heterocycles. The van der Waals surface area contributed by atoms with Crippen molar-refractivity contribution in [1.82, 2.24) is 9.38 Å². The van der Waals surface area contributed by atoms with Gasteiger partial charge in [0.25, 0.3) is 0 Å². The summed E-state index contributed by atoms with van der Waals surface area (Å²) in [6.07, 6.45) is 1.92. The Kier molecular flexibility index (Phi) is 5.10. The third-order valence-electron chi connectivity index (χ3n) is 2.46. The van der Waals surface area contributed by atoms with Crippen LogP contribution in [0.15, 0.2) is 18.3 Å². The highest BCUT2D eigenvalue weighted by molar-refractivity contribution is 5.85. The zero-order chi connectivity index (χ0) is 10.3. The number of hydrogen-bond acceptors (Lipinski definition) is 2. The third kappa shape index (κ3) is 2.42. The van der Waals surface area contributed by atoms with Crippen molar-refractivity contribution in [3.63, 3.8) is 0 Å². The normalized spacial score (nSPS) is 10.0. The van der Waals surface area contributed by atoms with E-state index in [0.29, 0.717) is 5.92 Å². The molecule has 3 nitrogen and oxygen atoms in total. The lowest BCUT2D eigenvalue weighted by Gasteiger charge is -2.01. The first-order valence-corrected chi connectivity index (χ1v) is 4.83. The lowest BCUT2D eigenvalue weighted by molar-refractivity contribution is 0.821. The number of imidazole rings is 1. The van der Waals surface area contributed by atoms with Gasteiger partial charge in [-0.2, -0.15) is 0 Å². The molecule has 0 spiro atoms. The minimum atomic E-state index is 0. The molecule has 2 aromatic heterocycles. The highest BCUT2D eigenvalue weighted by Crippen LogP contribution is 2.20. The van der Waals surface area contributed by atoms with Crippen molar-refractivity contribution >= 4 is 36.1 Å². The first-order valence-electron chi connectivity index (χ1n) is 4.83. The molecular weight excluding hydrogens is 245 g/mol. The molecule has 0 amide bonds. The molecule has 0 aliphatic rings. The average Bonchev–Trinajstić information content (AvgIpc) is 2.44. The monoisotopic (exact) mass is 261 g/mol. The van der Waals surface area contributed by atoms with Crippen LogP contribution >= 0.6 is 24.8 Å². The number of hydrogen-bond donors (Lipinski definition) is 1. The van der Waals surface area contributed by atoms with Gasteiger partial charge in [-0.1, -0.05) is 13.8 Å². The summed E-state index contributed by atoms with van der Waals surface area (Å²) < 4.78 is 2.05. The number of rotatable bonds is 1. The highest BCUT2D eigenvalue weighted by Gasteiger charge is 2.10. The molecule has 0 atom stereocenters. The van der Waals surface area contributed by atoms with Gasteiger partial charge in [0.2, 0.25) is 0 Å². The number of aromatic nitrogens is 2. The molecule has 0 bridgehead atoms. The first-order chi connectivity index (χ1) is 6.59. The Hall–Kier alpha value is -0.930. The number of fused-ring (bicyclic) bond motifs is 1. The molecule has 16 heavy (non-hydrogen) atoms. The number of anilines is 1. The van der Waals surface area contributed by atoms with E-state index in [9.17, 15) is 0 Å². The van der Waals surface area contributed by atoms with Crippen molar-refractivity contribution in [3.05, 3.63) is 29.7 Å². The second-order valence-corrected chi connectivity index (χ2v) is 3.93. The molecule has 0 aliphatic heterocycles. The van der Waals surface area contributed by atoms with Gasteiger partial charge in [-0.25, -0.2) is 4.98 Å². The number of nitrogen functional groups attached to an aromatic ring is 1. The van der Waals surface area contributed by atoms with Gasteiger partial charge < -0.3 is 10.1 Å². The minimum Gasteiger partial charge on any atom is -0.398 e. The topological polar surface area (TPSA) is 43.3 Å². The fourth-order valence-corrected chi connectivity index (χ4v) is 1.74. The SMILES string of the molecule is Cc1c(C(C)C)nc2ccc(N)cn12.Cl.Cl. The summed E-state index contributed by atoms with van der Waals surface area (Å²) in [6, 6.07) is 3.83. The van der Waals surface area contributed by atoms with E-state index in [-0.39, 0.29) is 24.8 Å². The van der Waals surface area contributed by atoms with Gasteiger partial charge in [0, 0.05) is 17.6 Å². The van der Waals surface area contributed by atoms with Crippen LogP contribution in [0, 0.1) is 6.92 Å². The molecule has 2 aromatic rings. The fraction of sp³-hybridized carbons (Fsp3) is 0.364. The highest BCUT2D eigenvalue weighted by atomic mass is 35.5. The predicted octanol–water partition coefficient (Wildman–Crippen LogP) is 3.19. The van der Waals surface area contributed by atoms with E-state index in [1.165, 1.54) is 5.69 Å². The fourth-order valence-electron chi connectivity index (χ4n) is 1.74. The Balaban J connectivity index is 0.00000112. The van der Waals surface area contributed by atoms with Crippen molar-refractivity contribution in [1.29, 1.82) is 0 Å². The zero-order valence-corrected chi connectivity index (χ0v) is 11.2. The van der Waals surface area contributed by atoms with Gasteiger partial charge in [0.15, 0.2) is 0 Å². The van der Waals surface area contributed by atoms with Crippen molar-refractivity contribution < 1.29 is 0 Å². The molecule has 5 heteroatoms. The molecule has 0 aromatic carbocycles. The Morgan fingerprint density at radius 3 is 2.44 bits per heavy atom. The summed E-state index contributed by atoms with van der Waals surface area (Å²) in [6.45, 7) is 6.38. The zero-order valence-electron chi connectivity index (χ0n) is 9.60. The van der Waals surface area contributed by atoms with E-state index < -0.39 is 0 Å². The quantitative estimate of drug-likeness (QED) is 0.857. The molecule has 2 N–H and O–H groups in total. The van der Waals surface area contributed by atoms with Crippen molar-refractivity contribution in [2.75, 3.05) is 5.73 Å². The summed E-state index contributed by atoms with van der Waals surface area (Å²) in [7, 11) is 0. The van der Waals surface area contributed by atoms with Crippen LogP contribution in [-0.2, 0) is 0 Å². The van der Waals surface area contributed by atoms with Crippen LogP contribution in [0.5, 0.6) is 0 Å². The van der Waals surface area contributed by atoms with Gasteiger partial charge in [0.05, 0.1) is 5.69 Å². The van der Waals surface area contributed by atoms with Gasteiger partial charge in [-0.05, 0) is 25.0 Å². The Morgan fingerprint density at radius 2 is 1.88 bits per heavy atom. The van der Waals surface area contributed by atoms with E-state index >= 15 is 0 Å². The standard InChI is InChI=1S/C11H15N3.2ClH/c1-7(2)11-8(3)14-6-9(12)4-5-10(14)13-11;;/h4-7H,12H2,1-3H3;2*1H. The molecule has 90 valence electrons. The maximum atomic E-state index is 5.73. The van der Waals surface area contributed by atoms with Crippen molar-refractivity contribution in [2.45, 2.75) is 26.7 Å². The molecule has 0 fully saturated rings. The maximum absolute atomic E-state index is 5.73. The van der Waals surface area contributed by atoms with Crippen LogP contribution in [0.2, 0.25) is 0 Å². The number of nitrogens with two attached hydrogens (primary N) is 1. The number of aryl methyl sites for hydroxylation is 1. The first kappa shape index (κ1) is 15.1. The van der Waals surface area contributed by atoms with Crippen LogP contribution in [-0.4, -0.2) is 9.38 Å². The molecule has 0 saturated carbocycles. The van der Waals surface area contributed by atoms with Crippen LogP contribution in [0.1, 0.15) is 31.2 Å². The molecule has 2 rings (SSSR count). The molecule has 0 radical (unpaired) electrons.